The summed E-state index contributed by atoms with van der Waals surface area (Å²) in [6.07, 6.45) is 0. The highest BCUT2D eigenvalue weighted by atomic mass is 35.5. The van der Waals surface area contributed by atoms with E-state index in [1.54, 1.807) is 0 Å². The second kappa shape index (κ2) is 9.06. The Balaban J connectivity index is 0.00000110. The number of rotatable bonds is 3. The molecule has 0 spiro atoms. The van der Waals surface area contributed by atoms with Gasteiger partial charge in [-0.1, -0.05) is 60.7 Å². The number of halogens is 2. The maximum Gasteiger partial charge on any atom is 0.0602 e. The number of hydrogen-bond acceptors (Lipinski definition) is 2. The van der Waals surface area contributed by atoms with Gasteiger partial charge >= 0.3 is 0 Å². The van der Waals surface area contributed by atoms with E-state index in [-0.39, 0.29) is 24.8 Å². The summed E-state index contributed by atoms with van der Waals surface area (Å²) in [5.74, 6) is 0. The molecule has 0 radical (unpaired) electrons. The molecule has 2 aromatic rings. The van der Waals surface area contributed by atoms with Crippen molar-refractivity contribution in [3.63, 3.8) is 0 Å². The van der Waals surface area contributed by atoms with Crippen LogP contribution in [0.2, 0.25) is 0 Å². The van der Waals surface area contributed by atoms with Gasteiger partial charge in [-0.15, -0.1) is 24.8 Å². The van der Waals surface area contributed by atoms with Crippen molar-refractivity contribution in [2.45, 2.75) is 6.04 Å². The number of nitrogens with zero attached hydrogens (tertiary/aromatic N) is 1. The first kappa shape index (κ1) is 18.0. The number of hydrogen-bond donors (Lipinski definition) is 1. The average molecular weight is 325 g/mol. The topological polar surface area (TPSA) is 15.3 Å². The second-order valence-electron chi connectivity index (χ2n) is 5.01. The van der Waals surface area contributed by atoms with Gasteiger partial charge in [0.2, 0.25) is 0 Å². The fourth-order valence-corrected chi connectivity index (χ4v) is 2.83. The monoisotopic (exact) mass is 324 g/mol. The van der Waals surface area contributed by atoms with Gasteiger partial charge in [0.1, 0.15) is 0 Å². The third kappa shape index (κ3) is 4.45. The Morgan fingerprint density at radius 1 is 0.714 bits per heavy atom. The quantitative estimate of drug-likeness (QED) is 0.929. The van der Waals surface area contributed by atoms with Gasteiger partial charge in [-0.25, -0.2) is 0 Å². The SMILES string of the molecule is Cl.Cl.c1ccc(C(c2ccccc2)N2CCNCC2)cc1. The predicted molar refractivity (Wildman–Crippen MR) is 93.7 cm³/mol. The van der Waals surface area contributed by atoms with Crippen LogP contribution in [-0.2, 0) is 0 Å². The van der Waals surface area contributed by atoms with Crippen LogP contribution < -0.4 is 5.32 Å². The van der Waals surface area contributed by atoms with Crippen LogP contribution >= 0.6 is 24.8 Å². The Labute approximate surface area is 139 Å². The first-order chi connectivity index (χ1) is 9.45. The minimum absolute atomic E-state index is 0. The molecule has 1 aliphatic rings. The van der Waals surface area contributed by atoms with Gasteiger partial charge in [0.25, 0.3) is 0 Å². The summed E-state index contributed by atoms with van der Waals surface area (Å²) < 4.78 is 0. The second-order valence-corrected chi connectivity index (χ2v) is 5.01. The Morgan fingerprint density at radius 3 is 1.57 bits per heavy atom. The maximum atomic E-state index is 3.43. The fraction of sp³-hybridized carbons (Fsp3) is 0.294. The van der Waals surface area contributed by atoms with Crippen LogP contribution in [0.5, 0.6) is 0 Å². The first-order valence-electron chi connectivity index (χ1n) is 7.00. The maximum absolute atomic E-state index is 3.43. The van der Waals surface area contributed by atoms with Gasteiger partial charge in [-0.3, -0.25) is 4.90 Å². The lowest BCUT2D eigenvalue weighted by Gasteiger charge is -2.35. The number of nitrogens with one attached hydrogen (secondary N) is 1. The zero-order chi connectivity index (χ0) is 12.9. The van der Waals surface area contributed by atoms with Gasteiger partial charge < -0.3 is 5.32 Å². The zero-order valence-electron chi connectivity index (χ0n) is 11.9. The normalized spacial score (nSPS) is 15.1. The summed E-state index contributed by atoms with van der Waals surface area (Å²) in [5.41, 5.74) is 2.77. The molecule has 0 amide bonds. The van der Waals surface area contributed by atoms with E-state index < -0.39 is 0 Å². The van der Waals surface area contributed by atoms with Crippen LogP contribution in [-0.4, -0.2) is 31.1 Å². The van der Waals surface area contributed by atoms with Crippen molar-refractivity contribution in [3.8, 4) is 0 Å². The van der Waals surface area contributed by atoms with Crippen LogP contribution in [0.4, 0.5) is 0 Å². The van der Waals surface area contributed by atoms with Crippen molar-refractivity contribution < 1.29 is 0 Å². The fourth-order valence-electron chi connectivity index (χ4n) is 2.83. The summed E-state index contributed by atoms with van der Waals surface area (Å²) in [6.45, 7) is 4.37. The molecule has 1 heterocycles. The molecule has 21 heavy (non-hydrogen) atoms. The third-order valence-electron chi connectivity index (χ3n) is 3.75. The van der Waals surface area contributed by atoms with Gasteiger partial charge in [0, 0.05) is 26.2 Å². The molecule has 0 unspecified atom stereocenters. The lowest BCUT2D eigenvalue weighted by Crippen LogP contribution is -2.45. The largest absolute Gasteiger partial charge is 0.314 e. The molecule has 0 aromatic heterocycles. The highest BCUT2D eigenvalue weighted by Crippen LogP contribution is 2.28. The molecule has 0 saturated carbocycles. The summed E-state index contributed by atoms with van der Waals surface area (Å²) in [6, 6.07) is 22.0. The molecule has 114 valence electrons. The molecule has 0 bridgehead atoms. The average Bonchev–Trinajstić information content (AvgIpc) is 2.51. The Morgan fingerprint density at radius 2 is 1.14 bits per heavy atom. The molecule has 1 saturated heterocycles. The van der Waals surface area contributed by atoms with Gasteiger partial charge in [-0.05, 0) is 11.1 Å². The van der Waals surface area contributed by atoms with Crippen molar-refractivity contribution >= 4 is 24.8 Å². The molecule has 1 aliphatic heterocycles. The van der Waals surface area contributed by atoms with E-state index in [4.69, 9.17) is 0 Å². The summed E-state index contributed by atoms with van der Waals surface area (Å²) in [7, 11) is 0. The van der Waals surface area contributed by atoms with Crippen molar-refractivity contribution in [1.82, 2.24) is 10.2 Å². The van der Waals surface area contributed by atoms with Crippen LogP contribution in [0.3, 0.4) is 0 Å². The van der Waals surface area contributed by atoms with E-state index in [2.05, 4.69) is 70.9 Å². The summed E-state index contributed by atoms with van der Waals surface area (Å²) >= 11 is 0. The van der Waals surface area contributed by atoms with E-state index in [1.807, 2.05) is 0 Å². The summed E-state index contributed by atoms with van der Waals surface area (Å²) in [5, 5.41) is 3.43. The molecule has 4 heteroatoms. The molecule has 1 fully saturated rings. The van der Waals surface area contributed by atoms with Crippen LogP contribution in [0.25, 0.3) is 0 Å². The zero-order valence-corrected chi connectivity index (χ0v) is 13.6. The minimum atomic E-state index is 0. The Bertz CT molecular complexity index is 459. The molecule has 2 nitrogen and oxygen atoms in total. The van der Waals surface area contributed by atoms with E-state index in [0.29, 0.717) is 6.04 Å². The predicted octanol–water partition coefficient (Wildman–Crippen LogP) is 3.52. The molecular weight excluding hydrogens is 303 g/mol. The van der Waals surface area contributed by atoms with Gasteiger partial charge in [0.15, 0.2) is 0 Å². The smallest absolute Gasteiger partial charge is 0.0602 e. The molecule has 3 rings (SSSR count). The van der Waals surface area contributed by atoms with Crippen molar-refractivity contribution in [2.75, 3.05) is 26.2 Å². The minimum Gasteiger partial charge on any atom is -0.314 e. The van der Waals surface area contributed by atoms with E-state index in [1.165, 1.54) is 11.1 Å². The molecular formula is C17H22Cl2N2. The van der Waals surface area contributed by atoms with E-state index in [9.17, 15) is 0 Å². The van der Waals surface area contributed by atoms with Crippen molar-refractivity contribution in [3.05, 3.63) is 71.8 Å². The Hall–Kier alpha value is -1.06. The molecule has 0 aliphatic carbocycles. The van der Waals surface area contributed by atoms with E-state index >= 15 is 0 Å². The number of benzene rings is 2. The van der Waals surface area contributed by atoms with Gasteiger partial charge in [0.05, 0.1) is 6.04 Å². The van der Waals surface area contributed by atoms with Gasteiger partial charge in [-0.2, -0.15) is 0 Å². The van der Waals surface area contributed by atoms with E-state index in [0.717, 1.165) is 26.2 Å². The molecule has 1 N–H and O–H groups in total. The lowest BCUT2D eigenvalue weighted by molar-refractivity contribution is 0.198. The van der Waals surface area contributed by atoms with Crippen LogP contribution in [0, 0.1) is 0 Å². The lowest BCUT2D eigenvalue weighted by atomic mass is 9.96. The highest BCUT2D eigenvalue weighted by Gasteiger charge is 2.23. The number of piperazine rings is 1. The standard InChI is InChI=1S/C17H20N2.2ClH/c1-3-7-15(8-4-1)17(16-9-5-2-6-10-16)19-13-11-18-12-14-19;;/h1-10,17-18H,11-14H2;2*1H. The highest BCUT2D eigenvalue weighted by molar-refractivity contribution is 5.85. The first-order valence-corrected chi connectivity index (χ1v) is 7.00. The molecule has 2 aromatic carbocycles. The Kier molecular flexibility index (Phi) is 7.76. The van der Waals surface area contributed by atoms with Crippen LogP contribution in [0.1, 0.15) is 17.2 Å². The molecule has 0 atom stereocenters. The summed E-state index contributed by atoms with van der Waals surface area (Å²) in [4.78, 5) is 2.57. The third-order valence-corrected chi connectivity index (χ3v) is 3.75. The van der Waals surface area contributed by atoms with Crippen molar-refractivity contribution in [1.29, 1.82) is 0 Å². The van der Waals surface area contributed by atoms with Crippen molar-refractivity contribution in [2.24, 2.45) is 0 Å². The van der Waals surface area contributed by atoms with Crippen LogP contribution in [0.15, 0.2) is 60.7 Å².